The van der Waals surface area contributed by atoms with Crippen molar-refractivity contribution in [3.05, 3.63) is 35.9 Å². The van der Waals surface area contributed by atoms with Crippen LogP contribution in [-0.2, 0) is 6.42 Å². The monoisotopic (exact) mass is 273 g/mol. The average molecular weight is 273 g/mol. The molecule has 0 radical (unpaired) electrons. The molecular weight excluding hydrogens is 246 g/mol. The Balaban J connectivity index is 2.61. The lowest BCUT2D eigenvalue weighted by molar-refractivity contribution is 0.282. The van der Waals surface area contributed by atoms with Crippen molar-refractivity contribution in [2.75, 3.05) is 26.2 Å². The highest BCUT2D eigenvalue weighted by Crippen LogP contribution is 2.16. The molecule has 3 heteroatoms. The fraction of sp³-hybridized carbons (Fsp3) is 0.588. The highest BCUT2D eigenvalue weighted by Gasteiger charge is 2.27. The summed E-state index contributed by atoms with van der Waals surface area (Å²) in [6.45, 7) is 10.4. The summed E-state index contributed by atoms with van der Waals surface area (Å²) in [6.07, 6.45) is 1.58. The number of rotatable bonds is 9. The number of hydrogen-bond donors (Lipinski definition) is 1. The van der Waals surface area contributed by atoms with Gasteiger partial charge in [-0.1, -0.05) is 51.1 Å². The number of likely N-dealkylation sites (N-methyl/N-ethyl adjacent to an activating group) is 1. The van der Waals surface area contributed by atoms with Crippen LogP contribution in [0.2, 0.25) is 0 Å². The molecule has 1 aromatic rings. The minimum absolute atomic E-state index is 0.450. The van der Waals surface area contributed by atoms with Crippen LogP contribution in [0.1, 0.15) is 32.8 Å². The van der Waals surface area contributed by atoms with E-state index in [0.29, 0.717) is 0 Å². The predicted molar refractivity (Wildman–Crippen MR) is 84.6 cm³/mol. The standard InChI is InChI=1S/C17H27N3/c1-4-17(15-18,14-16-10-8-7-9-11-16)19-12-13-20(5-2)6-3/h7-11,19H,4-6,12-14H2,1-3H3. The van der Waals surface area contributed by atoms with E-state index < -0.39 is 5.54 Å². The van der Waals surface area contributed by atoms with Gasteiger partial charge in [-0.05, 0) is 25.1 Å². The molecule has 1 unspecified atom stereocenters. The molecule has 0 spiro atoms. The first kappa shape index (κ1) is 16.7. The van der Waals surface area contributed by atoms with Gasteiger partial charge >= 0.3 is 0 Å². The zero-order valence-corrected chi connectivity index (χ0v) is 13.0. The Kier molecular flexibility index (Phi) is 7.28. The lowest BCUT2D eigenvalue weighted by Gasteiger charge is -2.28. The maximum Gasteiger partial charge on any atom is 0.110 e. The van der Waals surface area contributed by atoms with Crippen molar-refractivity contribution < 1.29 is 0 Å². The third kappa shape index (κ3) is 4.96. The van der Waals surface area contributed by atoms with Crippen LogP contribution in [0, 0.1) is 11.3 Å². The van der Waals surface area contributed by atoms with E-state index in [9.17, 15) is 5.26 Å². The quantitative estimate of drug-likeness (QED) is 0.752. The summed E-state index contributed by atoms with van der Waals surface area (Å²) >= 11 is 0. The zero-order valence-electron chi connectivity index (χ0n) is 13.0. The van der Waals surface area contributed by atoms with Crippen molar-refractivity contribution in [1.29, 1.82) is 5.26 Å². The van der Waals surface area contributed by atoms with Crippen LogP contribution >= 0.6 is 0 Å². The molecule has 0 aliphatic rings. The average Bonchev–Trinajstić information content (AvgIpc) is 2.51. The second-order valence-electron chi connectivity index (χ2n) is 5.16. The Hall–Kier alpha value is -1.37. The molecule has 1 aromatic carbocycles. The molecule has 0 aliphatic heterocycles. The van der Waals surface area contributed by atoms with Crippen LogP contribution in [0.5, 0.6) is 0 Å². The summed E-state index contributed by atoms with van der Waals surface area (Å²) in [4.78, 5) is 2.37. The molecule has 0 fully saturated rings. The largest absolute Gasteiger partial charge is 0.303 e. The molecule has 0 heterocycles. The fourth-order valence-electron chi connectivity index (χ4n) is 2.41. The molecule has 1 atom stereocenters. The lowest BCUT2D eigenvalue weighted by atomic mass is 9.89. The molecule has 0 bridgehead atoms. The number of nitrogens with one attached hydrogen (secondary N) is 1. The molecule has 0 saturated heterocycles. The van der Waals surface area contributed by atoms with Crippen molar-refractivity contribution in [3.63, 3.8) is 0 Å². The van der Waals surface area contributed by atoms with Crippen molar-refractivity contribution in [1.82, 2.24) is 10.2 Å². The Morgan fingerprint density at radius 3 is 2.30 bits per heavy atom. The van der Waals surface area contributed by atoms with Crippen LogP contribution in [0.3, 0.4) is 0 Å². The van der Waals surface area contributed by atoms with Gasteiger partial charge in [-0.15, -0.1) is 0 Å². The first-order valence-electron chi connectivity index (χ1n) is 7.62. The third-order valence-electron chi connectivity index (χ3n) is 3.95. The maximum atomic E-state index is 9.59. The summed E-state index contributed by atoms with van der Waals surface area (Å²) in [7, 11) is 0. The van der Waals surface area contributed by atoms with Crippen molar-refractivity contribution in [3.8, 4) is 6.07 Å². The topological polar surface area (TPSA) is 39.1 Å². The molecule has 0 amide bonds. The lowest BCUT2D eigenvalue weighted by Crippen LogP contribution is -2.48. The van der Waals surface area contributed by atoms with Crippen molar-refractivity contribution >= 4 is 0 Å². The molecule has 3 nitrogen and oxygen atoms in total. The summed E-state index contributed by atoms with van der Waals surface area (Å²) in [5.74, 6) is 0. The number of nitriles is 1. The van der Waals surface area contributed by atoms with E-state index >= 15 is 0 Å². The summed E-state index contributed by atoms with van der Waals surface area (Å²) in [5, 5.41) is 13.1. The normalized spacial score (nSPS) is 13.9. The van der Waals surface area contributed by atoms with Gasteiger partial charge in [0, 0.05) is 19.5 Å². The van der Waals surface area contributed by atoms with Crippen LogP contribution in [0.4, 0.5) is 0 Å². The molecule has 20 heavy (non-hydrogen) atoms. The number of hydrogen-bond acceptors (Lipinski definition) is 3. The second-order valence-corrected chi connectivity index (χ2v) is 5.16. The van der Waals surface area contributed by atoms with E-state index in [1.807, 2.05) is 18.2 Å². The summed E-state index contributed by atoms with van der Waals surface area (Å²) in [6, 6.07) is 12.7. The van der Waals surface area contributed by atoms with Gasteiger partial charge in [-0.25, -0.2) is 0 Å². The van der Waals surface area contributed by atoms with E-state index in [-0.39, 0.29) is 0 Å². The molecular formula is C17H27N3. The SMILES string of the molecule is CCN(CC)CCNC(C#N)(CC)Cc1ccccc1. The van der Waals surface area contributed by atoms with E-state index in [4.69, 9.17) is 0 Å². The molecule has 1 N–H and O–H groups in total. The predicted octanol–water partition coefficient (Wildman–Crippen LogP) is 2.83. The van der Waals surface area contributed by atoms with Crippen LogP contribution in [0.15, 0.2) is 30.3 Å². The molecule has 1 rings (SSSR count). The van der Waals surface area contributed by atoms with Crippen LogP contribution in [0.25, 0.3) is 0 Å². The van der Waals surface area contributed by atoms with Gasteiger partial charge < -0.3 is 4.90 Å². The van der Waals surface area contributed by atoms with Gasteiger partial charge in [0.25, 0.3) is 0 Å². The smallest absolute Gasteiger partial charge is 0.110 e. The van der Waals surface area contributed by atoms with Gasteiger partial charge in [-0.2, -0.15) is 5.26 Å². The first-order valence-corrected chi connectivity index (χ1v) is 7.62. The van der Waals surface area contributed by atoms with Crippen LogP contribution < -0.4 is 5.32 Å². The first-order chi connectivity index (χ1) is 9.69. The second kappa shape index (κ2) is 8.73. The fourth-order valence-corrected chi connectivity index (χ4v) is 2.41. The molecule has 0 saturated carbocycles. The third-order valence-corrected chi connectivity index (χ3v) is 3.95. The highest BCUT2D eigenvalue weighted by atomic mass is 15.1. The summed E-state index contributed by atoms with van der Waals surface area (Å²) < 4.78 is 0. The Morgan fingerprint density at radius 2 is 1.80 bits per heavy atom. The van der Waals surface area contributed by atoms with E-state index in [1.165, 1.54) is 5.56 Å². The Morgan fingerprint density at radius 1 is 1.15 bits per heavy atom. The molecule has 110 valence electrons. The van der Waals surface area contributed by atoms with Gasteiger partial charge in [0.1, 0.15) is 5.54 Å². The number of nitrogens with zero attached hydrogens (tertiary/aromatic N) is 2. The summed E-state index contributed by atoms with van der Waals surface area (Å²) in [5.41, 5.74) is 0.764. The van der Waals surface area contributed by atoms with Gasteiger partial charge in [0.05, 0.1) is 6.07 Å². The van der Waals surface area contributed by atoms with E-state index in [0.717, 1.165) is 39.0 Å². The highest BCUT2D eigenvalue weighted by molar-refractivity contribution is 5.22. The van der Waals surface area contributed by atoms with Crippen molar-refractivity contribution in [2.45, 2.75) is 39.2 Å². The minimum atomic E-state index is -0.450. The van der Waals surface area contributed by atoms with Gasteiger partial charge in [-0.3, -0.25) is 5.32 Å². The zero-order chi connectivity index (χ0) is 14.8. The van der Waals surface area contributed by atoms with Crippen molar-refractivity contribution in [2.24, 2.45) is 0 Å². The van der Waals surface area contributed by atoms with Gasteiger partial charge in [0.15, 0.2) is 0 Å². The maximum absolute atomic E-state index is 9.59. The Bertz CT molecular complexity index is 406. The Labute approximate surface area is 123 Å². The molecule has 0 aliphatic carbocycles. The van der Waals surface area contributed by atoms with Gasteiger partial charge in [0.2, 0.25) is 0 Å². The number of benzene rings is 1. The van der Waals surface area contributed by atoms with E-state index in [1.54, 1.807) is 0 Å². The van der Waals surface area contributed by atoms with Crippen LogP contribution in [-0.4, -0.2) is 36.6 Å². The van der Waals surface area contributed by atoms with E-state index in [2.05, 4.69) is 49.2 Å². The molecule has 0 aromatic heterocycles. The minimum Gasteiger partial charge on any atom is -0.303 e.